The lowest BCUT2D eigenvalue weighted by Crippen LogP contribution is -2.12. The van der Waals surface area contributed by atoms with Gasteiger partial charge >= 0.3 is 0 Å². The molecule has 1 aliphatic heterocycles. The first-order valence-electron chi connectivity index (χ1n) is 6.69. The van der Waals surface area contributed by atoms with Crippen molar-refractivity contribution < 1.29 is 9.53 Å². The molecular formula is C16H15ClN2O2. The minimum atomic E-state index is -0.176. The van der Waals surface area contributed by atoms with Crippen LogP contribution in [0.25, 0.3) is 0 Å². The normalized spacial score (nSPS) is 12.5. The van der Waals surface area contributed by atoms with Crippen LogP contribution in [0.3, 0.4) is 0 Å². The zero-order valence-electron chi connectivity index (χ0n) is 11.6. The molecule has 2 N–H and O–H groups in total. The number of carbonyl (C=O) groups is 1. The summed E-state index contributed by atoms with van der Waals surface area (Å²) in [6.45, 7) is 0.919. The third-order valence-electron chi connectivity index (χ3n) is 3.49. The third kappa shape index (κ3) is 2.81. The Morgan fingerprint density at radius 1 is 1.29 bits per heavy atom. The van der Waals surface area contributed by atoms with E-state index in [0.717, 1.165) is 18.7 Å². The predicted octanol–water partition coefficient (Wildman–Crippen LogP) is 3.57. The summed E-state index contributed by atoms with van der Waals surface area (Å²) in [7, 11) is 1.56. The number of benzene rings is 2. The summed E-state index contributed by atoms with van der Waals surface area (Å²) in [4.78, 5) is 12.4. The van der Waals surface area contributed by atoms with Crippen LogP contribution >= 0.6 is 11.6 Å². The summed E-state index contributed by atoms with van der Waals surface area (Å²) in [5.41, 5.74) is 3.46. The van der Waals surface area contributed by atoms with E-state index in [9.17, 15) is 4.79 Å². The van der Waals surface area contributed by atoms with Crippen molar-refractivity contribution in [1.82, 2.24) is 0 Å². The first kappa shape index (κ1) is 13.8. The Labute approximate surface area is 128 Å². The molecule has 0 aromatic heterocycles. The molecule has 3 rings (SSSR count). The van der Waals surface area contributed by atoms with E-state index in [2.05, 4.69) is 10.6 Å². The second-order valence-electron chi connectivity index (χ2n) is 4.85. The molecule has 2 aromatic carbocycles. The molecule has 1 heterocycles. The van der Waals surface area contributed by atoms with Gasteiger partial charge in [-0.1, -0.05) is 11.6 Å². The van der Waals surface area contributed by atoms with Crippen LogP contribution in [-0.2, 0) is 6.42 Å². The van der Waals surface area contributed by atoms with Crippen LogP contribution in [0.4, 0.5) is 11.4 Å². The molecule has 0 radical (unpaired) electrons. The van der Waals surface area contributed by atoms with Crippen LogP contribution in [0.1, 0.15) is 15.9 Å². The molecule has 21 heavy (non-hydrogen) atoms. The second-order valence-corrected chi connectivity index (χ2v) is 5.28. The van der Waals surface area contributed by atoms with Crippen molar-refractivity contribution in [3.05, 3.63) is 52.5 Å². The zero-order valence-corrected chi connectivity index (χ0v) is 12.3. The molecule has 5 heteroatoms. The summed E-state index contributed by atoms with van der Waals surface area (Å²) in [6.07, 6.45) is 0.941. The van der Waals surface area contributed by atoms with Crippen LogP contribution in [0.2, 0.25) is 5.02 Å². The molecule has 0 bridgehead atoms. The molecule has 0 saturated heterocycles. The highest BCUT2D eigenvalue weighted by atomic mass is 35.5. The van der Waals surface area contributed by atoms with Gasteiger partial charge in [0, 0.05) is 22.8 Å². The largest absolute Gasteiger partial charge is 0.495 e. The number of halogens is 1. The summed E-state index contributed by atoms with van der Waals surface area (Å²) in [6, 6.07) is 10.8. The minimum Gasteiger partial charge on any atom is -0.495 e. The number of rotatable bonds is 3. The highest BCUT2D eigenvalue weighted by Crippen LogP contribution is 2.29. The SMILES string of the molecule is COc1ccc(Cl)cc1NC(=O)c1ccc2c(c1)CCN2. The van der Waals surface area contributed by atoms with E-state index in [4.69, 9.17) is 16.3 Å². The fraction of sp³-hybridized carbons (Fsp3) is 0.188. The van der Waals surface area contributed by atoms with Crippen molar-refractivity contribution in [2.75, 3.05) is 24.3 Å². The van der Waals surface area contributed by atoms with E-state index in [1.807, 2.05) is 18.2 Å². The van der Waals surface area contributed by atoms with Gasteiger partial charge in [-0.2, -0.15) is 0 Å². The fourth-order valence-electron chi connectivity index (χ4n) is 2.42. The maximum absolute atomic E-state index is 12.4. The Bertz CT molecular complexity index is 701. The van der Waals surface area contributed by atoms with Gasteiger partial charge in [0.2, 0.25) is 0 Å². The lowest BCUT2D eigenvalue weighted by Gasteiger charge is -2.11. The van der Waals surface area contributed by atoms with Crippen molar-refractivity contribution in [1.29, 1.82) is 0 Å². The fourth-order valence-corrected chi connectivity index (χ4v) is 2.59. The van der Waals surface area contributed by atoms with Crippen molar-refractivity contribution in [3.8, 4) is 5.75 Å². The molecular weight excluding hydrogens is 288 g/mol. The molecule has 1 aliphatic rings. The molecule has 0 saturated carbocycles. The van der Waals surface area contributed by atoms with Gasteiger partial charge in [0.15, 0.2) is 0 Å². The van der Waals surface area contributed by atoms with E-state index in [1.54, 1.807) is 25.3 Å². The van der Waals surface area contributed by atoms with E-state index >= 15 is 0 Å². The summed E-state index contributed by atoms with van der Waals surface area (Å²) in [5, 5.41) is 6.66. The molecule has 0 atom stereocenters. The Kier molecular flexibility index (Phi) is 3.71. The highest BCUT2D eigenvalue weighted by Gasteiger charge is 2.15. The van der Waals surface area contributed by atoms with Gasteiger partial charge < -0.3 is 15.4 Å². The Morgan fingerprint density at radius 3 is 2.95 bits per heavy atom. The number of ether oxygens (including phenoxy) is 1. The van der Waals surface area contributed by atoms with Gasteiger partial charge in [-0.15, -0.1) is 0 Å². The number of anilines is 2. The van der Waals surface area contributed by atoms with E-state index in [0.29, 0.717) is 22.0 Å². The van der Waals surface area contributed by atoms with Gasteiger partial charge in [-0.25, -0.2) is 0 Å². The van der Waals surface area contributed by atoms with Gasteiger partial charge in [-0.3, -0.25) is 4.79 Å². The summed E-state index contributed by atoms with van der Waals surface area (Å²) >= 11 is 5.96. The van der Waals surface area contributed by atoms with Crippen LogP contribution in [0.15, 0.2) is 36.4 Å². The quantitative estimate of drug-likeness (QED) is 0.911. The van der Waals surface area contributed by atoms with Crippen LogP contribution in [0, 0.1) is 0 Å². The summed E-state index contributed by atoms with van der Waals surface area (Å²) < 4.78 is 5.23. The topological polar surface area (TPSA) is 50.4 Å². The number of carbonyl (C=O) groups excluding carboxylic acids is 1. The number of methoxy groups -OCH3 is 1. The van der Waals surface area contributed by atoms with Crippen molar-refractivity contribution in [2.45, 2.75) is 6.42 Å². The average molecular weight is 303 g/mol. The molecule has 0 spiro atoms. The molecule has 4 nitrogen and oxygen atoms in total. The van der Waals surface area contributed by atoms with Gasteiger partial charge in [0.05, 0.1) is 12.8 Å². The van der Waals surface area contributed by atoms with Crippen molar-refractivity contribution in [3.63, 3.8) is 0 Å². The Morgan fingerprint density at radius 2 is 2.14 bits per heavy atom. The minimum absolute atomic E-state index is 0.176. The first-order valence-corrected chi connectivity index (χ1v) is 7.07. The highest BCUT2D eigenvalue weighted by molar-refractivity contribution is 6.31. The maximum atomic E-state index is 12.4. The molecule has 1 amide bonds. The number of amides is 1. The average Bonchev–Trinajstić information content (AvgIpc) is 2.94. The standard InChI is InChI=1S/C16H15ClN2O2/c1-21-15-5-3-12(17)9-14(15)19-16(20)11-2-4-13-10(8-11)6-7-18-13/h2-5,8-9,18H,6-7H2,1H3,(H,19,20). The number of hydrogen-bond donors (Lipinski definition) is 2. The smallest absolute Gasteiger partial charge is 0.255 e. The number of hydrogen-bond acceptors (Lipinski definition) is 3. The number of fused-ring (bicyclic) bond motifs is 1. The lowest BCUT2D eigenvalue weighted by atomic mass is 10.1. The van der Waals surface area contributed by atoms with Gasteiger partial charge in [-0.05, 0) is 48.4 Å². The second kappa shape index (κ2) is 5.66. The Hall–Kier alpha value is -2.20. The van der Waals surface area contributed by atoms with Crippen LogP contribution in [-0.4, -0.2) is 19.6 Å². The van der Waals surface area contributed by atoms with Gasteiger partial charge in [0.1, 0.15) is 5.75 Å². The summed E-state index contributed by atoms with van der Waals surface area (Å²) in [5.74, 6) is 0.404. The van der Waals surface area contributed by atoms with Crippen molar-refractivity contribution in [2.24, 2.45) is 0 Å². The van der Waals surface area contributed by atoms with E-state index in [1.165, 1.54) is 5.56 Å². The predicted molar refractivity (Wildman–Crippen MR) is 84.6 cm³/mol. The van der Waals surface area contributed by atoms with Crippen LogP contribution < -0.4 is 15.4 Å². The maximum Gasteiger partial charge on any atom is 0.255 e. The van der Waals surface area contributed by atoms with Gasteiger partial charge in [0.25, 0.3) is 5.91 Å². The van der Waals surface area contributed by atoms with Crippen molar-refractivity contribution >= 4 is 28.9 Å². The van der Waals surface area contributed by atoms with Crippen LogP contribution in [0.5, 0.6) is 5.75 Å². The van der Waals surface area contributed by atoms with E-state index in [-0.39, 0.29) is 5.91 Å². The first-order chi connectivity index (χ1) is 10.2. The lowest BCUT2D eigenvalue weighted by molar-refractivity contribution is 0.102. The molecule has 0 aliphatic carbocycles. The molecule has 0 unspecified atom stereocenters. The molecule has 108 valence electrons. The molecule has 2 aromatic rings. The monoisotopic (exact) mass is 302 g/mol. The Balaban J connectivity index is 1.85. The molecule has 0 fully saturated rings. The number of nitrogens with one attached hydrogen (secondary N) is 2. The van der Waals surface area contributed by atoms with E-state index < -0.39 is 0 Å². The zero-order chi connectivity index (χ0) is 14.8. The third-order valence-corrected chi connectivity index (χ3v) is 3.72.